The topological polar surface area (TPSA) is 101 Å². The van der Waals surface area contributed by atoms with Crippen molar-refractivity contribution in [1.82, 2.24) is 4.57 Å². The van der Waals surface area contributed by atoms with E-state index in [1.807, 2.05) is 30.3 Å². The molecule has 1 aromatic heterocycles. The van der Waals surface area contributed by atoms with Crippen molar-refractivity contribution in [3.8, 4) is 22.9 Å². The summed E-state index contributed by atoms with van der Waals surface area (Å²) in [5.74, 6) is -0.625. The second-order valence-electron chi connectivity index (χ2n) is 6.30. The summed E-state index contributed by atoms with van der Waals surface area (Å²) in [5, 5.41) is 9.51. The van der Waals surface area contributed by atoms with Crippen molar-refractivity contribution in [2.75, 3.05) is 17.6 Å². The lowest BCUT2D eigenvalue weighted by molar-refractivity contribution is 0.0527. The molecule has 0 aliphatic carbocycles. The molecular formula is C21H19N3O4S. The number of anilines is 1. The lowest BCUT2D eigenvalue weighted by Gasteiger charge is -2.12. The summed E-state index contributed by atoms with van der Waals surface area (Å²) >= 11 is 0. The first-order valence-electron chi connectivity index (χ1n) is 8.79. The lowest BCUT2D eigenvalue weighted by atomic mass is 10.1. The second-order valence-corrected chi connectivity index (χ2v) is 8.04. The van der Waals surface area contributed by atoms with Crippen LogP contribution in [0.1, 0.15) is 22.8 Å². The standard InChI is InChI=1S/C21H19N3O4S/c1-3-28-21(25)18-10-9-17(11-20(18)23-29(2,26)27)24-13-16(12-22)19(14-24)15-7-5-4-6-8-15/h4-11,13-14,23H,3H2,1-2H3. The van der Waals surface area contributed by atoms with Gasteiger partial charge in [-0.3, -0.25) is 4.72 Å². The van der Waals surface area contributed by atoms with Crippen LogP contribution in [0, 0.1) is 11.3 Å². The van der Waals surface area contributed by atoms with Gasteiger partial charge >= 0.3 is 5.97 Å². The van der Waals surface area contributed by atoms with Crippen molar-refractivity contribution in [3.05, 3.63) is 72.1 Å². The summed E-state index contributed by atoms with van der Waals surface area (Å²) in [6.45, 7) is 1.84. The van der Waals surface area contributed by atoms with Crippen molar-refractivity contribution in [2.45, 2.75) is 6.92 Å². The number of esters is 1. The zero-order chi connectivity index (χ0) is 21.0. The maximum Gasteiger partial charge on any atom is 0.340 e. The summed E-state index contributed by atoms with van der Waals surface area (Å²) in [6.07, 6.45) is 4.45. The number of carbonyl (C=O) groups excluding carboxylic acids is 1. The molecule has 0 saturated carbocycles. The Morgan fingerprint density at radius 2 is 1.90 bits per heavy atom. The first-order valence-corrected chi connectivity index (χ1v) is 10.7. The Morgan fingerprint density at radius 3 is 2.52 bits per heavy atom. The highest BCUT2D eigenvalue weighted by atomic mass is 32.2. The van der Waals surface area contributed by atoms with Crippen molar-refractivity contribution in [1.29, 1.82) is 5.26 Å². The van der Waals surface area contributed by atoms with Gasteiger partial charge in [0, 0.05) is 23.6 Å². The molecule has 148 valence electrons. The van der Waals surface area contributed by atoms with E-state index in [0.717, 1.165) is 17.4 Å². The summed E-state index contributed by atoms with van der Waals surface area (Å²) in [6, 6.07) is 16.3. The first-order chi connectivity index (χ1) is 13.8. The number of nitrogens with one attached hydrogen (secondary N) is 1. The molecular weight excluding hydrogens is 390 g/mol. The van der Waals surface area contributed by atoms with Crippen LogP contribution in [-0.4, -0.2) is 31.8 Å². The molecule has 8 heteroatoms. The highest BCUT2D eigenvalue weighted by Gasteiger charge is 2.17. The third-order valence-corrected chi connectivity index (χ3v) is 4.71. The Morgan fingerprint density at radius 1 is 1.17 bits per heavy atom. The van der Waals surface area contributed by atoms with E-state index in [9.17, 15) is 18.5 Å². The molecule has 1 N–H and O–H groups in total. The number of nitrogens with zero attached hydrogens (tertiary/aromatic N) is 2. The zero-order valence-electron chi connectivity index (χ0n) is 15.9. The van der Waals surface area contributed by atoms with Gasteiger partial charge < -0.3 is 9.30 Å². The number of aromatic nitrogens is 1. The zero-order valence-corrected chi connectivity index (χ0v) is 16.7. The molecule has 0 bridgehead atoms. The van der Waals surface area contributed by atoms with E-state index in [4.69, 9.17) is 4.74 Å². The number of benzene rings is 2. The fraction of sp³-hybridized carbons (Fsp3) is 0.143. The molecule has 0 unspecified atom stereocenters. The first kappa shape index (κ1) is 20.2. The fourth-order valence-electron chi connectivity index (χ4n) is 2.90. The van der Waals surface area contributed by atoms with Crippen molar-refractivity contribution in [3.63, 3.8) is 0 Å². The molecule has 0 radical (unpaired) electrons. The molecule has 7 nitrogen and oxygen atoms in total. The second kappa shape index (κ2) is 8.20. The van der Waals surface area contributed by atoms with Crippen LogP contribution in [0.25, 0.3) is 16.8 Å². The van der Waals surface area contributed by atoms with E-state index in [1.165, 1.54) is 12.1 Å². The minimum Gasteiger partial charge on any atom is -0.462 e. The average Bonchev–Trinajstić information content (AvgIpc) is 3.12. The van der Waals surface area contributed by atoms with Gasteiger partial charge in [0.05, 0.1) is 29.7 Å². The number of sulfonamides is 1. The molecule has 29 heavy (non-hydrogen) atoms. The number of ether oxygens (including phenoxy) is 1. The number of hydrogen-bond acceptors (Lipinski definition) is 5. The highest BCUT2D eigenvalue weighted by Crippen LogP contribution is 2.28. The molecule has 2 aromatic carbocycles. The summed E-state index contributed by atoms with van der Waals surface area (Å²) < 4.78 is 32.6. The van der Waals surface area contributed by atoms with E-state index in [0.29, 0.717) is 11.3 Å². The molecule has 3 rings (SSSR count). The molecule has 0 fully saturated rings. The van der Waals surface area contributed by atoms with Crippen LogP contribution in [0.15, 0.2) is 60.9 Å². The van der Waals surface area contributed by atoms with Gasteiger partial charge in [-0.05, 0) is 30.7 Å². The highest BCUT2D eigenvalue weighted by molar-refractivity contribution is 7.92. The molecule has 0 atom stereocenters. The molecule has 1 heterocycles. The number of rotatable bonds is 6. The van der Waals surface area contributed by atoms with Gasteiger partial charge in [0.1, 0.15) is 6.07 Å². The minimum atomic E-state index is -3.62. The Hall–Kier alpha value is -3.57. The van der Waals surface area contributed by atoms with Gasteiger partial charge in [-0.1, -0.05) is 30.3 Å². The van der Waals surface area contributed by atoms with Gasteiger partial charge in [0.15, 0.2) is 0 Å². The quantitative estimate of drug-likeness (QED) is 0.627. The van der Waals surface area contributed by atoms with Gasteiger partial charge in [0.2, 0.25) is 10.0 Å². The normalized spacial score (nSPS) is 10.9. The molecule has 0 aliphatic rings. The number of hydrogen-bond donors (Lipinski definition) is 1. The van der Waals surface area contributed by atoms with Gasteiger partial charge in [0.25, 0.3) is 0 Å². The van der Waals surface area contributed by atoms with E-state index in [2.05, 4.69) is 10.8 Å². The van der Waals surface area contributed by atoms with Crippen LogP contribution in [-0.2, 0) is 14.8 Å². The number of carbonyl (C=O) groups is 1. The maximum atomic E-state index is 12.2. The van der Waals surface area contributed by atoms with E-state index < -0.39 is 16.0 Å². The molecule has 0 spiro atoms. The van der Waals surface area contributed by atoms with Gasteiger partial charge in [-0.25, -0.2) is 13.2 Å². The van der Waals surface area contributed by atoms with Gasteiger partial charge in [-0.15, -0.1) is 0 Å². The average molecular weight is 409 g/mol. The lowest BCUT2D eigenvalue weighted by Crippen LogP contribution is -2.15. The fourth-order valence-corrected chi connectivity index (χ4v) is 3.47. The predicted molar refractivity (Wildman–Crippen MR) is 110 cm³/mol. The SMILES string of the molecule is CCOC(=O)c1ccc(-n2cc(C#N)c(-c3ccccc3)c2)cc1NS(C)(=O)=O. The Kier molecular flexibility index (Phi) is 5.71. The van der Waals surface area contributed by atoms with Crippen LogP contribution < -0.4 is 4.72 Å². The molecule has 3 aromatic rings. The van der Waals surface area contributed by atoms with Crippen LogP contribution >= 0.6 is 0 Å². The number of nitriles is 1. The monoisotopic (exact) mass is 409 g/mol. The largest absolute Gasteiger partial charge is 0.462 e. The summed E-state index contributed by atoms with van der Waals surface area (Å²) in [5.41, 5.74) is 2.92. The van der Waals surface area contributed by atoms with Crippen molar-refractivity contribution >= 4 is 21.7 Å². The van der Waals surface area contributed by atoms with E-state index >= 15 is 0 Å². The maximum absolute atomic E-state index is 12.2. The van der Waals surface area contributed by atoms with Crippen LogP contribution in [0.2, 0.25) is 0 Å². The van der Waals surface area contributed by atoms with Crippen molar-refractivity contribution < 1.29 is 17.9 Å². The van der Waals surface area contributed by atoms with Crippen LogP contribution in [0.3, 0.4) is 0 Å². The predicted octanol–water partition coefficient (Wildman–Crippen LogP) is 3.56. The smallest absolute Gasteiger partial charge is 0.340 e. The molecule has 0 amide bonds. The van der Waals surface area contributed by atoms with E-state index in [-0.39, 0.29) is 17.9 Å². The molecule has 0 aliphatic heterocycles. The Bertz CT molecular complexity index is 1190. The van der Waals surface area contributed by atoms with E-state index in [1.54, 1.807) is 30.0 Å². The molecule has 0 saturated heterocycles. The van der Waals surface area contributed by atoms with Crippen LogP contribution in [0.4, 0.5) is 5.69 Å². The van der Waals surface area contributed by atoms with Crippen LogP contribution in [0.5, 0.6) is 0 Å². The summed E-state index contributed by atoms with van der Waals surface area (Å²) in [4.78, 5) is 12.2. The Balaban J connectivity index is 2.10. The summed E-state index contributed by atoms with van der Waals surface area (Å²) in [7, 11) is -3.62. The minimum absolute atomic E-state index is 0.108. The third-order valence-electron chi connectivity index (χ3n) is 4.12. The van der Waals surface area contributed by atoms with Crippen molar-refractivity contribution in [2.24, 2.45) is 0 Å². The Labute approximate surface area is 169 Å². The van der Waals surface area contributed by atoms with Gasteiger partial charge in [-0.2, -0.15) is 5.26 Å². The third kappa shape index (κ3) is 4.65.